The van der Waals surface area contributed by atoms with E-state index in [9.17, 15) is 14.4 Å². The first-order chi connectivity index (χ1) is 15.1. The predicted octanol–water partition coefficient (Wildman–Crippen LogP) is 1.72. The van der Waals surface area contributed by atoms with Crippen molar-refractivity contribution in [2.45, 2.75) is 51.1 Å². The summed E-state index contributed by atoms with van der Waals surface area (Å²) in [6.45, 7) is 2.48. The molecule has 1 aromatic carbocycles. The lowest BCUT2D eigenvalue weighted by Crippen LogP contribution is -2.41. The second-order valence-corrected chi connectivity index (χ2v) is 8.07. The highest BCUT2D eigenvalue weighted by Gasteiger charge is 2.29. The molecule has 0 aromatic heterocycles. The van der Waals surface area contributed by atoms with Crippen molar-refractivity contribution in [1.29, 1.82) is 0 Å². The summed E-state index contributed by atoms with van der Waals surface area (Å²) in [7, 11) is 0. The highest BCUT2D eigenvalue weighted by atomic mass is 16.5. The van der Waals surface area contributed by atoms with Crippen LogP contribution >= 0.6 is 0 Å². The van der Waals surface area contributed by atoms with Crippen molar-refractivity contribution in [2.75, 3.05) is 26.3 Å². The summed E-state index contributed by atoms with van der Waals surface area (Å²) in [5, 5.41) is 2.75. The molecule has 9 heteroatoms. The van der Waals surface area contributed by atoms with Crippen LogP contribution in [0.3, 0.4) is 0 Å². The van der Waals surface area contributed by atoms with Gasteiger partial charge in [0.25, 0.3) is 6.47 Å². The number of hydrogen-bond acceptors (Lipinski definition) is 7. The van der Waals surface area contributed by atoms with E-state index in [0.29, 0.717) is 51.5 Å². The molecule has 1 saturated heterocycles. The van der Waals surface area contributed by atoms with Gasteiger partial charge in [-0.3, -0.25) is 19.7 Å². The van der Waals surface area contributed by atoms with E-state index in [1.54, 1.807) is 0 Å². The highest BCUT2D eigenvalue weighted by Crippen LogP contribution is 2.30. The molecule has 0 bridgehead atoms. The van der Waals surface area contributed by atoms with Gasteiger partial charge in [0.15, 0.2) is 0 Å². The van der Waals surface area contributed by atoms with Gasteiger partial charge in [0.05, 0.1) is 18.8 Å². The van der Waals surface area contributed by atoms with E-state index in [0.717, 1.165) is 42.7 Å². The maximum Gasteiger partial charge on any atom is 0.293 e. The van der Waals surface area contributed by atoms with Crippen LogP contribution in [-0.4, -0.2) is 66.4 Å². The van der Waals surface area contributed by atoms with Crippen LogP contribution < -0.4 is 10.1 Å². The van der Waals surface area contributed by atoms with Gasteiger partial charge < -0.3 is 19.3 Å². The van der Waals surface area contributed by atoms with Crippen LogP contribution in [0.5, 0.6) is 5.75 Å². The summed E-state index contributed by atoms with van der Waals surface area (Å²) in [6, 6.07) is 5.95. The number of nitrogens with zero attached hydrogens (tertiary/aromatic N) is 3. The second kappa shape index (κ2) is 9.80. The third kappa shape index (κ3) is 5.15. The largest absolute Gasteiger partial charge is 0.494 e. The van der Waals surface area contributed by atoms with Gasteiger partial charge in [-0.2, -0.15) is 0 Å². The number of aliphatic imine (C=N–C) groups is 1. The van der Waals surface area contributed by atoms with Gasteiger partial charge in [0.1, 0.15) is 18.9 Å². The number of rotatable bonds is 10. The maximum absolute atomic E-state index is 12.7. The monoisotopic (exact) mass is 428 g/mol. The Bertz CT molecular complexity index is 865. The molecule has 31 heavy (non-hydrogen) atoms. The molecular weight excluding hydrogens is 400 g/mol. The molecule has 3 aliphatic rings. The fraction of sp³-hybridized carbons (Fsp3) is 0.545. The number of carbonyl (C=O) groups is 3. The van der Waals surface area contributed by atoms with Gasteiger partial charge in [-0.15, -0.1) is 0 Å². The summed E-state index contributed by atoms with van der Waals surface area (Å²) in [5.74, 6) is 1.38. The summed E-state index contributed by atoms with van der Waals surface area (Å²) >= 11 is 0. The van der Waals surface area contributed by atoms with Crippen LogP contribution in [0, 0.1) is 0 Å². The number of ether oxygens (including phenoxy) is 2. The van der Waals surface area contributed by atoms with Crippen LogP contribution in [-0.2, 0) is 25.7 Å². The van der Waals surface area contributed by atoms with Gasteiger partial charge in [-0.1, -0.05) is 12.8 Å². The molecule has 2 aliphatic heterocycles. The van der Waals surface area contributed by atoms with Crippen molar-refractivity contribution in [1.82, 2.24) is 15.1 Å². The van der Waals surface area contributed by atoms with E-state index >= 15 is 0 Å². The van der Waals surface area contributed by atoms with Crippen LogP contribution in [0.2, 0.25) is 0 Å². The molecule has 2 heterocycles. The first-order valence-electron chi connectivity index (χ1n) is 10.9. The number of benzene rings is 1. The molecule has 0 radical (unpaired) electrons. The van der Waals surface area contributed by atoms with Crippen LogP contribution in [0.25, 0.3) is 0 Å². The molecule has 1 aliphatic carbocycles. The van der Waals surface area contributed by atoms with E-state index in [-0.39, 0.29) is 24.5 Å². The molecule has 1 aromatic rings. The van der Waals surface area contributed by atoms with Crippen LogP contribution in [0.4, 0.5) is 5.69 Å². The molecule has 1 saturated carbocycles. The van der Waals surface area contributed by atoms with E-state index in [2.05, 4.69) is 10.3 Å². The first kappa shape index (κ1) is 21.1. The Morgan fingerprint density at radius 3 is 2.90 bits per heavy atom. The van der Waals surface area contributed by atoms with Gasteiger partial charge in [-0.25, -0.2) is 4.99 Å². The van der Waals surface area contributed by atoms with E-state index < -0.39 is 0 Å². The maximum atomic E-state index is 12.7. The first-order valence-corrected chi connectivity index (χ1v) is 10.9. The molecule has 1 N–H and O–H groups in total. The van der Waals surface area contributed by atoms with Gasteiger partial charge in [-0.05, 0) is 37.5 Å². The molecule has 0 unspecified atom stereocenters. The Morgan fingerprint density at radius 1 is 1.26 bits per heavy atom. The predicted molar refractivity (Wildman–Crippen MR) is 113 cm³/mol. The molecule has 2 amide bonds. The van der Waals surface area contributed by atoms with Crippen molar-refractivity contribution in [3.63, 3.8) is 0 Å². The topological polar surface area (TPSA) is 101 Å². The average molecular weight is 428 g/mol. The summed E-state index contributed by atoms with van der Waals surface area (Å²) < 4.78 is 10.7. The van der Waals surface area contributed by atoms with Crippen molar-refractivity contribution < 1.29 is 23.9 Å². The van der Waals surface area contributed by atoms with E-state index in [1.165, 1.54) is 0 Å². The number of amides is 2. The van der Waals surface area contributed by atoms with Crippen LogP contribution in [0.15, 0.2) is 23.2 Å². The quantitative estimate of drug-likeness (QED) is 0.450. The summed E-state index contributed by atoms with van der Waals surface area (Å²) in [4.78, 5) is 42.9. The third-order valence-electron chi connectivity index (χ3n) is 5.93. The Hall–Kier alpha value is -3.10. The Balaban J connectivity index is 1.26. The van der Waals surface area contributed by atoms with Crippen molar-refractivity contribution in [3.8, 4) is 5.75 Å². The zero-order chi connectivity index (χ0) is 21.6. The highest BCUT2D eigenvalue weighted by molar-refractivity contribution is 6.05. The molecule has 4 rings (SSSR count). The van der Waals surface area contributed by atoms with Crippen molar-refractivity contribution in [2.24, 2.45) is 4.99 Å². The third-order valence-corrected chi connectivity index (χ3v) is 5.93. The SMILES string of the molecule is O=COCCN(C(=O)CCCOc1ccc2c(c1)CN1CC(=O)NC1=N2)C1CCCC1. The standard InChI is InChI=1S/C22H28N4O5/c27-15-30-11-9-26(17-4-1-2-5-17)21(29)6-3-10-31-18-7-8-19-16(12-18)13-25-14-20(28)24-22(25)23-19/h7-8,12,15,17H,1-6,9-11,13-14H2,(H,23,24,28). The smallest absolute Gasteiger partial charge is 0.293 e. The number of hydrogen-bond donors (Lipinski definition) is 1. The number of carbonyl (C=O) groups excluding carboxylic acids is 3. The average Bonchev–Trinajstić information content (AvgIpc) is 3.41. The Kier molecular flexibility index (Phi) is 6.69. The second-order valence-electron chi connectivity index (χ2n) is 8.07. The van der Waals surface area contributed by atoms with E-state index in [4.69, 9.17) is 9.47 Å². The lowest BCUT2D eigenvalue weighted by Gasteiger charge is -2.28. The lowest BCUT2D eigenvalue weighted by molar-refractivity contribution is -0.137. The summed E-state index contributed by atoms with van der Waals surface area (Å²) in [6.07, 6.45) is 5.31. The fourth-order valence-electron chi connectivity index (χ4n) is 4.41. The van der Waals surface area contributed by atoms with E-state index in [1.807, 2.05) is 28.0 Å². The fourth-order valence-corrected chi connectivity index (χ4v) is 4.41. The zero-order valence-electron chi connectivity index (χ0n) is 17.5. The minimum atomic E-state index is -0.0444. The van der Waals surface area contributed by atoms with Crippen molar-refractivity contribution in [3.05, 3.63) is 23.8 Å². The lowest BCUT2D eigenvalue weighted by atomic mass is 10.1. The molecular formula is C22H28N4O5. The van der Waals surface area contributed by atoms with Crippen molar-refractivity contribution >= 4 is 29.9 Å². The summed E-state index contributed by atoms with van der Waals surface area (Å²) in [5.41, 5.74) is 1.84. The minimum Gasteiger partial charge on any atom is -0.494 e. The minimum absolute atomic E-state index is 0.0444. The Morgan fingerprint density at radius 2 is 2.10 bits per heavy atom. The zero-order valence-corrected chi connectivity index (χ0v) is 17.5. The number of guanidine groups is 1. The molecule has 2 fully saturated rings. The van der Waals surface area contributed by atoms with Gasteiger partial charge >= 0.3 is 0 Å². The van der Waals surface area contributed by atoms with Crippen LogP contribution in [0.1, 0.15) is 44.1 Å². The number of nitrogens with one attached hydrogen (secondary N) is 1. The molecule has 166 valence electrons. The van der Waals surface area contributed by atoms with Gasteiger partial charge in [0, 0.05) is 24.6 Å². The Labute approximate surface area is 181 Å². The number of fused-ring (bicyclic) bond motifs is 2. The molecule has 0 spiro atoms. The molecule has 0 atom stereocenters. The van der Waals surface area contributed by atoms with Gasteiger partial charge in [0.2, 0.25) is 17.8 Å². The molecule has 9 nitrogen and oxygen atoms in total. The normalized spacial score (nSPS) is 17.5.